The SMILES string of the molecule is Cc1cccc(C)c1CC(=O)NC1(C(=O)O)CCOC1. The van der Waals surface area contributed by atoms with Crippen LogP contribution in [0.5, 0.6) is 0 Å². The highest BCUT2D eigenvalue weighted by Crippen LogP contribution is 2.20. The molecule has 108 valence electrons. The van der Waals surface area contributed by atoms with Crippen molar-refractivity contribution >= 4 is 11.9 Å². The van der Waals surface area contributed by atoms with Gasteiger partial charge in [-0.05, 0) is 30.5 Å². The molecule has 2 N–H and O–H groups in total. The topological polar surface area (TPSA) is 75.6 Å². The van der Waals surface area contributed by atoms with Crippen LogP contribution in [0.1, 0.15) is 23.1 Å². The van der Waals surface area contributed by atoms with Gasteiger partial charge in [0, 0.05) is 13.0 Å². The standard InChI is InChI=1S/C15H19NO4/c1-10-4-3-5-11(2)12(10)8-13(17)16-15(14(18)19)6-7-20-9-15/h3-5H,6-9H2,1-2H3,(H,16,17)(H,18,19). The summed E-state index contributed by atoms with van der Waals surface area (Å²) in [5.74, 6) is -1.32. The number of amides is 1. The molecule has 1 unspecified atom stereocenters. The lowest BCUT2D eigenvalue weighted by Gasteiger charge is -2.24. The molecule has 0 spiro atoms. The first-order chi connectivity index (χ1) is 9.44. The average molecular weight is 277 g/mol. The molecule has 20 heavy (non-hydrogen) atoms. The lowest BCUT2D eigenvalue weighted by Crippen LogP contribution is -2.55. The molecule has 1 atom stereocenters. The van der Waals surface area contributed by atoms with E-state index in [1.54, 1.807) is 0 Å². The second kappa shape index (κ2) is 5.63. The zero-order chi connectivity index (χ0) is 14.8. The maximum Gasteiger partial charge on any atom is 0.331 e. The number of hydrogen-bond acceptors (Lipinski definition) is 3. The molecular formula is C15H19NO4. The third kappa shape index (κ3) is 2.82. The predicted molar refractivity (Wildman–Crippen MR) is 73.6 cm³/mol. The highest BCUT2D eigenvalue weighted by Gasteiger charge is 2.43. The van der Waals surface area contributed by atoms with Crippen LogP contribution in [0, 0.1) is 13.8 Å². The minimum Gasteiger partial charge on any atom is -0.479 e. The largest absolute Gasteiger partial charge is 0.479 e. The molecule has 1 fully saturated rings. The average Bonchev–Trinajstić information content (AvgIpc) is 2.84. The summed E-state index contributed by atoms with van der Waals surface area (Å²) in [5, 5.41) is 11.9. The summed E-state index contributed by atoms with van der Waals surface area (Å²) in [6.07, 6.45) is 0.494. The van der Waals surface area contributed by atoms with Crippen molar-refractivity contribution in [1.82, 2.24) is 5.32 Å². The Morgan fingerprint density at radius 3 is 2.50 bits per heavy atom. The van der Waals surface area contributed by atoms with Gasteiger partial charge in [0.15, 0.2) is 5.54 Å². The molecule has 0 radical (unpaired) electrons. The van der Waals surface area contributed by atoms with Gasteiger partial charge in [0.1, 0.15) is 0 Å². The number of nitrogens with one attached hydrogen (secondary N) is 1. The molecule has 1 heterocycles. The van der Waals surface area contributed by atoms with E-state index in [1.807, 2.05) is 32.0 Å². The summed E-state index contributed by atoms with van der Waals surface area (Å²) in [4.78, 5) is 23.5. The maximum absolute atomic E-state index is 12.2. The van der Waals surface area contributed by atoms with Gasteiger partial charge in [-0.25, -0.2) is 4.79 Å². The fourth-order valence-electron chi connectivity index (χ4n) is 2.49. The van der Waals surface area contributed by atoms with Crippen molar-refractivity contribution in [2.24, 2.45) is 0 Å². The predicted octanol–water partition coefficient (Wildman–Crippen LogP) is 1.21. The van der Waals surface area contributed by atoms with Crippen molar-refractivity contribution in [2.75, 3.05) is 13.2 Å². The third-order valence-electron chi connectivity index (χ3n) is 3.79. The Bertz CT molecular complexity index is 512. The van der Waals surface area contributed by atoms with Gasteiger partial charge in [0.2, 0.25) is 5.91 Å². The Hall–Kier alpha value is -1.88. The number of benzene rings is 1. The lowest BCUT2D eigenvalue weighted by molar-refractivity contribution is -0.147. The van der Waals surface area contributed by atoms with Gasteiger partial charge in [-0.2, -0.15) is 0 Å². The van der Waals surface area contributed by atoms with Crippen LogP contribution in [0.15, 0.2) is 18.2 Å². The van der Waals surface area contributed by atoms with Crippen molar-refractivity contribution in [2.45, 2.75) is 32.2 Å². The summed E-state index contributed by atoms with van der Waals surface area (Å²) in [6.45, 7) is 4.28. The molecule has 0 saturated carbocycles. The van der Waals surface area contributed by atoms with Crippen LogP contribution in [-0.4, -0.2) is 35.7 Å². The molecule has 5 heteroatoms. The fourth-order valence-corrected chi connectivity index (χ4v) is 2.49. The van der Waals surface area contributed by atoms with E-state index >= 15 is 0 Å². The van der Waals surface area contributed by atoms with Crippen LogP contribution < -0.4 is 5.32 Å². The summed E-state index contributed by atoms with van der Waals surface area (Å²) >= 11 is 0. The molecule has 0 aromatic heterocycles. The number of aliphatic carboxylic acids is 1. The Morgan fingerprint density at radius 1 is 1.35 bits per heavy atom. The molecule has 5 nitrogen and oxygen atoms in total. The Labute approximate surface area is 117 Å². The van der Waals surface area contributed by atoms with Crippen LogP contribution >= 0.6 is 0 Å². The first-order valence-corrected chi connectivity index (χ1v) is 6.62. The highest BCUT2D eigenvalue weighted by atomic mass is 16.5. The summed E-state index contributed by atoms with van der Waals surface area (Å²) < 4.78 is 5.12. The van der Waals surface area contributed by atoms with Gasteiger partial charge < -0.3 is 15.2 Å². The second-order valence-corrected chi connectivity index (χ2v) is 5.29. The van der Waals surface area contributed by atoms with E-state index in [0.717, 1.165) is 16.7 Å². The zero-order valence-electron chi connectivity index (χ0n) is 11.7. The summed E-state index contributed by atoms with van der Waals surface area (Å²) in [7, 11) is 0. The molecule has 1 amide bonds. The molecule has 2 rings (SSSR count). The minimum atomic E-state index is -1.27. The molecule has 1 saturated heterocycles. The number of carboxylic acid groups (broad SMARTS) is 1. The van der Waals surface area contributed by atoms with Gasteiger partial charge in [-0.15, -0.1) is 0 Å². The second-order valence-electron chi connectivity index (χ2n) is 5.29. The summed E-state index contributed by atoms with van der Waals surface area (Å²) in [5.41, 5.74) is 1.75. The van der Waals surface area contributed by atoms with E-state index < -0.39 is 11.5 Å². The van der Waals surface area contributed by atoms with E-state index in [1.165, 1.54) is 0 Å². The van der Waals surface area contributed by atoms with Gasteiger partial charge >= 0.3 is 5.97 Å². The number of carboxylic acids is 1. The van der Waals surface area contributed by atoms with E-state index in [0.29, 0.717) is 13.0 Å². The minimum absolute atomic E-state index is 0.0286. The molecular weight excluding hydrogens is 258 g/mol. The van der Waals surface area contributed by atoms with Crippen molar-refractivity contribution in [3.8, 4) is 0 Å². The molecule has 1 aliphatic rings. The van der Waals surface area contributed by atoms with E-state index in [4.69, 9.17) is 4.74 Å². The molecule has 1 aromatic rings. The van der Waals surface area contributed by atoms with Crippen LogP contribution in [0.2, 0.25) is 0 Å². The van der Waals surface area contributed by atoms with E-state index in [9.17, 15) is 14.7 Å². The molecule has 0 aliphatic carbocycles. The number of carbonyl (C=O) groups is 2. The van der Waals surface area contributed by atoms with Crippen LogP contribution in [0.3, 0.4) is 0 Å². The number of rotatable bonds is 4. The number of ether oxygens (including phenoxy) is 1. The maximum atomic E-state index is 12.2. The monoisotopic (exact) mass is 277 g/mol. The fraction of sp³-hybridized carbons (Fsp3) is 0.467. The highest BCUT2D eigenvalue weighted by molar-refractivity contribution is 5.88. The quantitative estimate of drug-likeness (QED) is 0.867. The van der Waals surface area contributed by atoms with Crippen LogP contribution in [0.25, 0.3) is 0 Å². The lowest BCUT2D eigenvalue weighted by atomic mass is 9.96. The third-order valence-corrected chi connectivity index (χ3v) is 3.79. The van der Waals surface area contributed by atoms with Crippen molar-refractivity contribution in [1.29, 1.82) is 0 Å². The van der Waals surface area contributed by atoms with Crippen molar-refractivity contribution < 1.29 is 19.4 Å². The molecule has 1 aliphatic heterocycles. The van der Waals surface area contributed by atoms with Gasteiger partial charge in [-0.3, -0.25) is 4.79 Å². The summed E-state index contributed by atoms with van der Waals surface area (Å²) in [6, 6.07) is 5.83. The van der Waals surface area contributed by atoms with Crippen molar-refractivity contribution in [3.63, 3.8) is 0 Å². The van der Waals surface area contributed by atoms with Crippen molar-refractivity contribution in [3.05, 3.63) is 34.9 Å². The number of aryl methyl sites for hydroxylation is 2. The zero-order valence-corrected chi connectivity index (χ0v) is 11.7. The Kier molecular flexibility index (Phi) is 4.09. The Balaban J connectivity index is 2.11. The first kappa shape index (κ1) is 14.5. The Morgan fingerprint density at radius 2 is 2.00 bits per heavy atom. The van der Waals surface area contributed by atoms with Crippen LogP contribution in [0.4, 0.5) is 0 Å². The smallest absolute Gasteiger partial charge is 0.331 e. The van der Waals surface area contributed by atoms with Gasteiger partial charge in [0.05, 0.1) is 13.0 Å². The van der Waals surface area contributed by atoms with Crippen LogP contribution in [-0.2, 0) is 20.7 Å². The molecule has 0 bridgehead atoms. The van der Waals surface area contributed by atoms with E-state index in [2.05, 4.69) is 5.32 Å². The number of hydrogen-bond donors (Lipinski definition) is 2. The molecule has 1 aromatic carbocycles. The normalized spacial score (nSPS) is 21.7. The number of carbonyl (C=O) groups excluding carboxylic acids is 1. The van der Waals surface area contributed by atoms with E-state index in [-0.39, 0.29) is 18.9 Å². The van der Waals surface area contributed by atoms with Gasteiger partial charge in [0.25, 0.3) is 0 Å². The first-order valence-electron chi connectivity index (χ1n) is 6.62. The van der Waals surface area contributed by atoms with Gasteiger partial charge in [-0.1, -0.05) is 18.2 Å².